The summed E-state index contributed by atoms with van der Waals surface area (Å²) in [6, 6.07) is 3.89. The highest BCUT2D eigenvalue weighted by atomic mass is 32.2. The van der Waals surface area contributed by atoms with E-state index >= 15 is 0 Å². The first-order chi connectivity index (χ1) is 35.1. The molecule has 432 valence electrons. The number of sulfone groups is 2. The molecule has 74 heavy (non-hydrogen) atoms. The van der Waals surface area contributed by atoms with Gasteiger partial charge in [0.05, 0.1) is 58.3 Å². The van der Waals surface area contributed by atoms with E-state index < -0.39 is 19.7 Å². The lowest BCUT2D eigenvalue weighted by Crippen LogP contribution is -2.19. The first-order valence-electron chi connectivity index (χ1n) is 26.3. The Balaban J connectivity index is -0.000000136. The third-order valence-electron chi connectivity index (χ3n) is 9.23. The van der Waals surface area contributed by atoms with E-state index in [1.807, 2.05) is 188 Å². The van der Waals surface area contributed by atoms with Crippen molar-refractivity contribution in [2.45, 2.75) is 194 Å². The molecule has 0 radical (unpaired) electrons. The molecule has 0 aromatic carbocycles. The second kappa shape index (κ2) is 55.2. The van der Waals surface area contributed by atoms with E-state index in [1.165, 1.54) is 32.1 Å². The van der Waals surface area contributed by atoms with Crippen LogP contribution in [0.15, 0.2) is 79.6 Å². The minimum Gasteiger partial charge on any atom is -0.497 e. The van der Waals surface area contributed by atoms with Crippen molar-refractivity contribution in [3.05, 3.63) is 113 Å². The molecule has 0 unspecified atom stereocenters. The maximum atomic E-state index is 11.1. The molecule has 7 heterocycles. The zero-order valence-corrected chi connectivity index (χ0v) is 55.0. The Bertz CT molecular complexity index is 1900. The molecule has 0 aliphatic carbocycles. The highest BCUT2D eigenvalue weighted by Crippen LogP contribution is 2.24. The van der Waals surface area contributed by atoms with Crippen LogP contribution in [0, 0.1) is 41.5 Å². The molecule has 4 aliphatic rings. The summed E-state index contributed by atoms with van der Waals surface area (Å²) >= 11 is 3.76. The van der Waals surface area contributed by atoms with E-state index in [2.05, 4.69) is 44.4 Å². The van der Waals surface area contributed by atoms with Crippen molar-refractivity contribution >= 4 is 43.2 Å². The molecule has 3 aromatic heterocycles. The van der Waals surface area contributed by atoms with Crippen LogP contribution in [0.25, 0.3) is 0 Å². The number of allylic oxidation sites excluding steroid dienone is 8. The molecular weight excluding hydrogens is 1010 g/mol. The number of rotatable bonds is 0. The number of aryl methyl sites for hydroxylation is 6. The molecule has 0 fully saturated rings. The average molecular weight is 1120 g/mol. The largest absolute Gasteiger partial charge is 0.497 e. The molecule has 0 bridgehead atoms. The van der Waals surface area contributed by atoms with Crippen LogP contribution in [0.3, 0.4) is 0 Å². The quantitative estimate of drug-likeness (QED) is 0.207. The van der Waals surface area contributed by atoms with Crippen LogP contribution in [-0.2, 0) is 38.6 Å². The number of ether oxygens (including phenoxy) is 4. The average Bonchev–Trinajstić information content (AvgIpc) is 3.42. The number of hydrogen-bond acceptors (Lipinski definition) is 16. The maximum absolute atomic E-state index is 11.1. The summed E-state index contributed by atoms with van der Waals surface area (Å²) in [5.41, 5.74) is 6.79. The SMILES string of the molecule is CC.CC.CC.CC.CC.CC.CC.CC1=C(C)S(=O)(=O)CCO1.CC1=C(C)S(=O)(=O)CCO1.CC1=C(C)SCCO1.CC1=C(C)SCCO1.Cc1ccnnc1C.Cc1ccnnc1C.Cc1cnncc1C. The lowest BCUT2D eigenvalue weighted by atomic mass is 10.2. The minimum atomic E-state index is -2.96. The molecule has 14 nitrogen and oxygen atoms in total. The van der Waals surface area contributed by atoms with Crippen LogP contribution in [0.5, 0.6) is 0 Å². The van der Waals surface area contributed by atoms with Crippen molar-refractivity contribution in [3.8, 4) is 0 Å². The second-order valence-electron chi connectivity index (χ2n) is 13.6. The first kappa shape index (κ1) is 84.0. The summed E-state index contributed by atoms with van der Waals surface area (Å²) in [7, 11) is -5.91. The molecular formula is C56H106N6O8S4. The Morgan fingerprint density at radius 2 is 0.649 bits per heavy atom. The van der Waals surface area contributed by atoms with Gasteiger partial charge < -0.3 is 18.9 Å². The summed E-state index contributed by atoms with van der Waals surface area (Å²) in [5.74, 6) is 5.73. The number of hydrogen-bond donors (Lipinski definition) is 0. The van der Waals surface area contributed by atoms with E-state index in [-0.39, 0.29) is 11.5 Å². The van der Waals surface area contributed by atoms with Gasteiger partial charge in [0.25, 0.3) is 0 Å². The van der Waals surface area contributed by atoms with Gasteiger partial charge in [-0.2, -0.15) is 30.6 Å². The van der Waals surface area contributed by atoms with Crippen molar-refractivity contribution < 1.29 is 35.8 Å². The smallest absolute Gasteiger partial charge is 0.180 e. The summed E-state index contributed by atoms with van der Waals surface area (Å²) in [6.45, 7) is 57.0. The predicted molar refractivity (Wildman–Crippen MR) is 324 cm³/mol. The van der Waals surface area contributed by atoms with Gasteiger partial charge in [0.1, 0.15) is 36.3 Å². The predicted octanol–water partition coefficient (Wildman–Crippen LogP) is 15.8. The second-order valence-corrected chi connectivity index (χ2v) is 20.8. The fourth-order valence-electron chi connectivity index (χ4n) is 4.11. The van der Waals surface area contributed by atoms with Crippen LogP contribution in [0.4, 0.5) is 0 Å². The van der Waals surface area contributed by atoms with Crippen molar-refractivity contribution in [1.29, 1.82) is 0 Å². The third kappa shape index (κ3) is 42.2. The van der Waals surface area contributed by atoms with Crippen molar-refractivity contribution in [1.82, 2.24) is 30.6 Å². The van der Waals surface area contributed by atoms with Crippen molar-refractivity contribution in [2.75, 3.05) is 49.4 Å². The van der Waals surface area contributed by atoms with Crippen LogP contribution in [-0.4, -0.2) is 96.9 Å². The molecule has 0 saturated carbocycles. The molecule has 18 heteroatoms. The van der Waals surface area contributed by atoms with Crippen molar-refractivity contribution in [2.24, 2.45) is 0 Å². The molecule has 0 N–H and O–H groups in total. The summed E-state index contributed by atoms with van der Waals surface area (Å²) in [5, 5.41) is 22.4. The van der Waals surface area contributed by atoms with Crippen LogP contribution < -0.4 is 0 Å². The molecule has 3 aromatic rings. The number of thioether (sulfide) groups is 2. The monoisotopic (exact) mass is 1120 g/mol. The molecule has 0 spiro atoms. The standard InChI is InChI=1S/3C6H8N2.2C6H10O3S.2C6H10OS.7C2H6/c1-5-3-7-8-4-6(5)2;2*1-5-3-4-7-8-6(5)2;2*1-5-6(2)10(7,8)4-3-9-5;2*1-5-6(2)8-4-3-7-5;7*1-2/h3*3-4H,1-2H3;2*3-4H2,1-2H3;2*3-4H2,1-2H3;7*1-2H3. The number of aromatic nitrogens is 6. The van der Waals surface area contributed by atoms with Gasteiger partial charge in [0.15, 0.2) is 19.7 Å². The van der Waals surface area contributed by atoms with Crippen molar-refractivity contribution in [3.63, 3.8) is 0 Å². The maximum Gasteiger partial charge on any atom is 0.180 e. The molecule has 0 atom stereocenters. The Kier molecular flexibility index (Phi) is 62.7. The summed E-state index contributed by atoms with van der Waals surface area (Å²) < 4.78 is 64.8. The van der Waals surface area contributed by atoms with Gasteiger partial charge in [-0.15, -0.1) is 23.5 Å². The van der Waals surface area contributed by atoms with E-state index in [9.17, 15) is 16.8 Å². The highest BCUT2D eigenvalue weighted by molar-refractivity contribution is 8.03. The normalized spacial score (nSPS) is 14.6. The molecule has 0 amide bonds. The zero-order valence-electron chi connectivity index (χ0n) is 51.7. The van der Waals surface area contributed by atoms with Crippen LogP contribution >= 0.6 is 23.5 Å². The summed E-state index contributed by atoms with van der Waals surface area (Å²) in [6.07, 6.45) is 6.91. The van der Waals surface area contributed by atoms with E-state index in [4.69, 9.17) is 18.9 Å². The summed E-state index contributed by atoms with van der Waals surface area (Å²) in [4.78, 5) is 3.41. The van der Waals surface area contributed by atoms with Crippen LogP contribution in [0.2, 0.25) is 0 Å². The fourth-order valence-corrected chi connectivity index (χ4v) is 7.80. The third-order valence-corrected chi connectivity index (χ3v) is 15.3. The zero-order chi connectivity index (χ0) is 59.5. The Hall–Kier alpha value is -4.00. The van der Waals surface area contributed by atoms with E-state index in [1.54, 1.807) is 52.5 Å². The first-order valence-corrected chi connectivity index (χ1v) is 31.5. The molecule has 0 saturated heterocycles. The van der Waals surface area contributed by atoms with Gasteiger partial charge >= 0.3 is 0 Å². The Morgan fingerprint density at radius 1 is 0.378 bits per heavy atom. The lowest BCUT2D eigenvalue weighted by molar-refractivity contribution is 0.225. The van der Waals surface area contributed by atoms with Gasteiger partial charge in [-0.25, -0.2) is 16.8 Å². The molecule has 4 aliphatic heterocycles. The highest BCUT2D eigenvalue weighted by Gasteiger charge is 2.22. The van der Waals surface area contributed by atoms with Gasteiger partial charge in [0, 0.05) is 33.7 Å². The van der Waals surface area contributed by atoms with Crippen LogP contribution in [0.1, 0.15) is 186 Å². The van der Waals surface area contributed by atoms with Gasteiger partial charge in [-0.1, -0.05) is 96.9 Å². The fraction of sp³-hybridized carbons (Fsp3) is 0.643. The van der Waals surface area contributed by atoms with Gasteiger partial charge in [-0.3, -0.25) is 0 Å². The van der Waals surface area contributed by atoms with E-state index in [0.29, 0.717) is 34.5 Å². The lowest BCUT2D eigenvalue weighted by Gasteiger charge is -2.15. The number of nitrogens with zero attached hydrogens (tertiary/aromatic N) is 6. The van der Waals surface area contributed by atoms with Gasteiger partial charge in [-0.05, 0) is 131 Å². The Morgan fingerprint density at radius 3 is 0.811 bits per heavy atom. The van der Waals surface area contributed by atoms with Gasteiger partial charge in [0.2, 0.25) is 0 Å². The van der Waals surface area contributed by atoms with E-state index in [0.717, 1.165) is 47.6 Å². The molecule has 7 rings (SSSR count). The Labute approximate surface area is 463 Å². The topological polar surface area (TPSA) is 183 Å². The minimum absolute atomic E-state index is 0.121.